The molecule has 1 aromatic heterocycles. The minimum atomic E-state index is -0.454. The zero-order chi connectivity index (χ0) is 41.5. The van der Waals surface area contributed by atoms with Gasteiger partial charge in [0, 0.05) is 24.0 Å². The van der Waals surface area contributed by atoms with Crippen LogP contribution in [0.1, 0.15) is 179 Å². The second kappa shape index (κ2) is 19.9. The van der Waals surface area contributed by atoms with E-state index in [0.29, 0.717) is 42.4 Å². The van der Waals surface area contributed by atoms with Gasteiger partial charge in [-0.05, 0) is 190 Å². The zero-order valence-electron chi connectivity index (χ0n) is 35.2. The molecule has 0 N–H and O–H groups in total. The van der Waals surface area contributed by atoms with Gasteiger partial charge < -0.3 is 9.47 Å². The quantitative estimate of drug-likeness (QED) is 0.0875. The Morgan fingerprint density at radius 2 is 0.966 bits per heavy atom. The van der Waals surface area contributed by atoms with Crippen LogP contribution < -0.4 is 17.1 Å². The Morgan fingerprint density at radius 1 is 0.576 bits per heavy atom. The Bertz CT molecular complexity index is 1940. The van der Waals surface area contributed by atoms with E-state index in [-0.39, 0.29) is 42.3 Å². The smallest absolute Gasteiger partial charge is 0.336 e. The maximum absolute atomic E-state index is 14.7. The number of hydrogen-bond acceptors (Lipinski definition) is 9. The predicted octanol–water partition coefficient (Wildman–Crippen LogP) is 8.88. The number of nitrogens with zero attached hydrogens (tertiary/aromatic N) is 6. The molecule has 1 heterocycles. The number of rotatable bonds is 12. The summed E-state index contributed by atoms with van der Waals surface area (Å²) in [4.78, 5) is 58.7. The summed E-state index contributed by atoms with van der Waals surface area (Å²) in [6.07, 6.45) is 27.9. The van der Waals surface area contributed by atoms with E-state index in [9.17, 15) is 19.2 Å². The molecule has 320 valence electrons. The molecule has 0 aliphatic heterocycles. The molecule has 2 atom stereocenters. The van der Waals surface area contributed by atoms with E-state index < -0.39 is 17.1 Å². The fourth-order valence-corrected chi connectivity index (χ4v) is 12.6. The van der Waals surface area contributed by atoms with Crippen molar-refractivity contribution < 1.29 is 14.3 Å². The molecule has 6 saturated carbocycles. The second-order valence-electron chi connectivity index (χ2n) is 19.4. The first-order valence-electron chi connectivity index (χ1n) is 23.2. The predicted molar refractivity (Wildman–Crippen MR) is 224 cm³/mol. The van der Waals surface area contributed by atoms with E-state index in [1.54, 1.807) is 6.08 Å². The van der Waals surface area contributed by atoms with Crippen LogP contribution in [-0.4, -0.2) is 38.0 Å². The first kappa shape index (κ1) is 43.0. The molecule has 6 aliphatic carbocycles. The van der Waals surface area contributed by atoms with Gasteiger partial charge in [-0.15, -0.1) is 0 Å². The molecule has 1 aromatic rings. The van der Waals surface area contributed by atoms with Gasteiger partial charge in [0.15, 0.2) is 0 Å². The van der Waals surface area contributed by atoms with E-state index >= 15 is 0 Å². The Hall–Kier alpha value is -4.15. The van der Waals surface area contributed by atoms with Gasteiger partial charge >= 0.3 is 17.1 Å². The van der Waals surface area contributed by atoms with Crippen molar-refractivity contribution in [3.05, 3.63) is 55.8 Å². The van der Waals surface area contributed by atoms with Crippen LogP contribution in [0, 0.1) is 58.5 Å². The number of isocyanates is 1. The standard InChI is InChI=1S/C47H66N6O6/c1-31-25-41(19-24-44(31)32(2)37-11-22-43(23-12-37)59-29-49)53-46(56)51(39-15-5-34(6-16-39)26-33-3-13-38(14-4-33)50-30-54)45(55)52(47(53)57)40-17-7-35(8-18-40)27-36-9-20-42(21-10-36)58-28-48/h33-44H,1-27H2. The number of hydrogen-bond donors (Lipinski definition) is 0. The topological polar surface area (TPSA) is 161 Å². The van der Waals surface area contributed by atoms with Gasteiger partial charge in [-0.3, -0.25) is 0 Å². The van der Waals surface area contributed by atoms with Crippen molar-refractivity contribution in [3.63, 3.8) is 0 Å². The van der Waals surface area contributed by atoms with Crippen molar-refractivity contribution in [2.45, 2.75) is 197 Å². The highest BCUT2D eigenvalue weighted by molar-refractivity contribution is 5.33. The molecular formula is C47H66N6O6. The average Bonchev–Trinajstić information content (AvgIpc) is 3.24. The molecule has 0 bridgehead atoms. The largest absolute Gasteiger partial charge is 0.424 e. The maximum atomic E-state index is 14.7. The number of aliphatic imine (C=N–C) groups is 1. The van der Waals surface area contributed by atoms with E-state index in [4.69, 9.17) is 20.0 Å². The molecule has 12 nitrogen and oxygen atoms in total. The molecule has 7 rings (SSSR count). The van der Waals surface area contributed by atoms with E-state index in [2.05, 4.69) is 18.2 Å². The van der Waals surface area contributed by atoms with Gasteiger partial charge in [0.05, 0.1) is 6.04 Å². The highest BCUT2D eigenvalue weighted by atomic mass is 16.5. The summed E-state index contributed by atoms with van der Waals surface area (Å²) in [7, 11) is 0. The van der Waals surface area contributed by atoms with Crippen LogP contribution in [0.15, 0.2) is 43.7 Å². The molecule has 0 spiro atoms. The molecule has 12 heteroatoms. The molecular weight excluding hydrogens is 745 g/mol. The van der Waals surface area contributed by atoms with Gasteiger partial charge in [0.25, 0.3) is 12.5 Å². The number of aromatic nitrogens is 3. The SMILES string of the molecule is C=C1CC(n2c(=O)n(C3CCC(CC4CCC(N=C=O)CC4)CC3)c(=O)n(C3CCC(CC4CCC(OC#N)CC4)CC3)c2=O)CCC1C(=C)C1CCC(OC#N)CC1. The van der Waals surface area contributed by atoms with Crippen LogP contribution in [0.5, 0.6) is 0 Å². The van der Waals surface area contributed by atoms with Gasteiger partial charge in [-0.1, -0.05) is 24.3 Å². The average molecular weight is 811 g/mol. The highest BCUT2D eigenvalue weighted by Gasteiger charge is 2.37. The Labute approximate surface area is 349 Å². The summed E-state index contributed by atoms with van der Waals surface area (Å²) in [6.45, 7) is 9.05. The van der Waals surface area contributed by atoms with Crippen LogP contribution in [0.25, 0.3) is 0 Å². The van der Waals surface area contributed by atoms with Crippen molar-refractivity contribution in [2.24, 2.45) is 40.5 Å². The van der Waals surface area contributed by atoms with Crippen molar-refractivity contribution in [1.82, 2.24) is 13.7 Å². The highest BCUT2D eigenvalue weighted by Crippen LogP contribution is 2.44. The number of allylic oxidation sites excluding steroid dienone is 2. The lowest BCUT2D eigenvalue weighted by Crippen LogP contribution is -2.58. The summed E-state index contributed by atoms with van der Waals surface area (Å²) in [6, 6.07) is -0.731. The van der Waals surface area contributed by atoms with Crippen molar-refractivity contribution in [1.29, 1.82) is 10.5 Å². The minimum Gasteiger partial charge on any atom is -0.424 e. The Balaban J connectivity index is 1.07. The Kier molecular flexibility index (Phi) is 14.5. The van der Waals surface area contributed by atoms with Gasteiger partial charge in [-0.2, -0.15) is 10.5 Å². The lowest BCUT2D eigenvalue weighted by atomic mass is 9.71. The first-order chi connectivity index (χ1) is 28.7. The number of nitriles is 2. The van der Waals surface area contributed by atoms with Crippen molar-refractivity contribution >= 4 is 6.08 Å². The van der Waals surface area contributed by atoms with Crippen LogP contribution in [0.4, 0.5) is 0 Å². The van der Waals surface area contributed by atoms with E-state index in [1.165, 1.54) is 13.7 Å². The van der Waals surface area contributed by atoms with Crippen LogP contribution in [0.2, 0.25) is 0 Å². The first-order valence-corrected chi connectivity index (χ1v) is 23.2. The molecule has 6 aliphatic rings. The van der Waals surface area contributed by atoms with Gasteiger partial charge in [0.2, 0.25) is 6.08 Å². The second-order valence-corrected chi connectivity index (χ2v) is 19.4. The molecule has 0 radical (unpaired) electrons. The number of carbonyl (C=O) groups excluding carboxylic acids is 1. The molecule has 6 fully saturated rings. The number of ether oxygens (including phenoxy) is 2. The third-order valence-electron chi connectivity index (χ3n) is 16.0. The van der Waals surface area contributed by atoms with Crippen molar-refractivity contribution in [2.75, 3.05) is 0 Å². The fraction of sp³-hybridized carbons (Fsp3) is 0.787. The molecule has 0 amide bonds. The monoisotopic (exact) mass is 811 g/mol. The summed E-state index contributed by atoms with van der Waals surface area (Å²) < 4.78 is 14.9. The summed E-state index contributed by atoms with van der Waals surface area (Å²) in [5.41, 5.74) is 0.829. The lowest BCUT2D eigenvalue weighted by Gasteiger charge is -2.38. The van der Waals surface area contributed by atoms with Crippen LogP contribution in [-0.2, 0) is 14.3 Å². The van der Waals surface area contributed by atoms with Crippen LogP contribution in [0.3, 0.4) is 0 Å². The zero-order valence-corrected chi connectivity index (χ0v) is 35.2. The normalized spacial score (nSPS) is 35.3. The molecule has 59 heavy (non-hydrogen) atoms. The Morgan fingerprint density at radius 3 is 1.39 bits per heavy atom. The summed E-state index contributed by atoms with van der Waals surface area (Å²) in [5.74, 6) is 2.75. The van der Waals surface area contributed by atoms with E-state index in [0.717, 1.165) is 159 Å². The molecule has 0 aromatic carbocycles. The minimum absolute atomic E-state index is 0.0234. The summed E-state index contributed by atoms with van der Waals surface area (Å²) in [5, 5.41) is 17.9. The lowest BCUT2D eigenvalue weighted by molar-refractivity contribution is 0.0902. The van der Waals surface area contributed by atoms with E-state index in [1.807, 2.05) is 12.5 Å². The van der Waals surface area contributed by atoms with Crippen molar-refractivity contribution in [3.8, 4) is 12.5 Å². The third kappa shape index (κ3) is 10.1. The molecule has 2 unspecified atom stereocenters. The maximum Gasteiger partial charge on any atom is 0.336 e. The molecule has 0 saturated heterocycles. The van der Waals surface area contributed by atoms with Crippen LogP contribution >= 0.6 is 0 Å². The fourth-order valence-electron chi connectivity index (χ4n) is 12.6. The summed E-state index contributed by atoms with van der Waals surface area (Å²) >= 11 is 0. The van der Waals surface area contributed by atoms with Gasteiger partial charge in [-0.25, -0.2) is 37.9 Å². The van der Waals surface area contributed by atoms with Gasteiger partial charge in [0.1, 0.15) is 12.2 Å². The third-order valence-corrected chi connectivity index (χ3v) is 16.0.